The molecule has 0 bridgehead atoms. The number of hydrogen-bond donors (Lipinski definition) is 1. The Labute approximate surface area is 100 Å². The predicted octanol–water partition coefficient (Wildman–Crippen LogP) is 2.27. The Morgan fingerprint density at radius 3 is 2.35 bits per heavy atom. The number of rotatable bonds is 3. The van der Waals surface area contributed by atoms with Crippen molar-refractivity contribution in [2.24, 2.45) is 0 Å². The molecule has 92 valence electrons. The van der Waals surface area contributed by atoms with Crippen LogP contribution in [0.2, 0.25) is 0 Å². The molecular weight excluding hydrogens is 220 g/mol. The van der Waals surface area contributed by atoms with E-state index in [1.165, 1.54) is 6.07 Å². The Bertz CT molecular complexity index is 429. The molecule has 0 spiro atoms. The largest absolute Gasteiger partial charge is 0.478 e. The van der Waals surface area contributed by atoms with Crippen LogP contribution in [-0.4, -0.2) is 22.6 Å². The molecule has 1 aromatic rings. The molecule has 0 aliphatic rings. The van der Waals surface area contributed by atoms with Crippen LogP contribution >= 0.6 is 0 Å². The van der Waals surface area contributed by atoms with Crippen LogP contribution in [0.4, 0.5) is 0 Å². The van der Waals surface area contributed by atoms with Gasteiger partial charge in [-0.3, -0.25) is 4.79 Å². The summed E-state index contributed by atoms with van der Waals surface area (Å²) in [5.41, 5.74) is 0.0440. The minimum absolute atomic E-state index is 0.0280. The summed E-state index contributed by atoms with van der Waals surface area (Å²) in [5, 5.41) is 8.96. The van der Waals surface area contributed by atoms with Crippen LogP contribution in [0.5, 0.6) is 0 Å². The van der Waals surface area contributed by atoms with Crippen molar-refractivity contribution < 1.29 is 19.4 Å². The smallest absolute Gasteiger partial charge is 0.335 e. The van der Waals surface area contributed by atoms with Crippen LogP contribution in [0.25, 0.3) is 0 Å². The molecule has 0 fully saturated rings. The molecule has 1 N–H and O–H groups in total. The molecule has 4 nitrogen and oxygen atoms in total. The molecule has 0 saturated heterocycles. The van der Waals surface area contributed by atoms with E-state index in [1.54, 1.807) is 39.0 Å². The standard InChI is InChI=1S/C13H16O4/c1-13(2,3)17-11(14)8-9-6-4-5-7-10(9)12(15)16/h4-7H,8H2,1-3H3,(H,15,16). The van der Waals surface area contributed by atoms with Crippen molar-refractivity contribution >= 4 is 11.9 Å². The highest BCUT2D eigenvalue weighted by Crippen LogP contribution is 2.13. The third-order valence-corrected chi connectivity index (χ3v) is 2.00. The first-order valence-electron chi connectivity index (χ1n) is 5.32. The van der Waals surface area contributed by atoms with Gasteiger partial charge in [0.2, 0.25) is 0 Å². The summed E-state index contributed by atoms with van der Waals surface area (Å²) in [4.78, 5) is 22.5. The Morgan fingerprint density at radius 2 is 1.82 bits per heavy atom. The number of ether oxygens (including phenoxy) is 1. The van der Waals surface area contributed by atoms with Gasteiger partial charge in [-0.2, -0.15) is 0 Å². The highest BCUT2D eigenvalue weighted by Gasteiger charge is 2.18. The molecule has 17 heavy (non-hydrogen) atoms. The van der Waals surface area contributed by atoms with Gasteiger partial charge in [-0.25, -0.2) is 4.79 Å². The lowest BCUT2D eigenvalue weighted by atomic mass is 10.0. The fourth-order valence-corrected chi connectivity index (χ4v) is 1.42. The molecule has 0 saturated carbocycles. The Kier molecular flexibility index (Phi) is 3.89. The van der Waals surface area contributed by atoms with Crippen molar-refractivity contribution in [2.45, 2.75) is 32.8 Å². The van der Waals surface area contributed by atoms with Crippen molar-refractivity contribution in [2.75, 3.05) is 0 Å². The van der Waals surface area contributed by atoms with Gasteiger partial charge in [-0.1, -0.05) is 18.2 Å². The second-order valence-corrected chi connectivity index (χ2v) is 4.73. The lowest BCUT2D eigenvalue weighted by molar-refractivity contribution is -0.153. The minimum atomic E-state index is -1.04. The van der Waals surface area contributed by atoms with Gasteiger partial charge in [-0.15, -0.1) is 0 Å². The quantitative estimate of drug-likeness (QED) is 0.818. The molecule has 0 atom stereocenters. The first-order chi connectivity index (χ1) is 7.79. The van der Waals surface area contributed by atoms with Gasteiger partial charge >= 0.3 is 11.9 Å². The van der Waals surface area contributed by atoms with E-state index in [1.807, 2.05) is 0 Å². The molecule has 0 amide bonds. The molecule has 1 rings (SSSR count). The number of esters is 1. The van der Waals surface area contributed by atoms with Gasteiger partial charge in [0.05, 0.1) is 12.0 Å². The number of carboxylic acid groups (broad SMARTS) is 1. The van der Waals surface area contributed by atoms with Gasteiger partial charge in [0.1, 0.15) is 5.60 Å². The third-order valence-electron chi connectivity index (χ3n) is 2.00. The highest BCUT2D eigenvalue weighted by molar-refractivity contribution is 5.91. The fourth-order valence-electron chi connectivity index (χ4n) is 1.42. The van der Waals surface area contributed by atoms with Crippen LogP contribution in [0.3, 0.4) is 0 Å². The Balaban J connectivity index is 2.82. The summed E-state index contributed by atoms with van der Waals surface area (Å²) in [5.74, 6) is -1.46. The van der Waals surface area contributed by atoms with Crippen LogP contribution in [0, 0.1) is 0 Å². The number of carboxylic acids is 1. The molecule has 0 aliphatic carbocycles. The van der Waals surface area contributed by atoms with Crippen LogP contribution in [0.15, 0.2) is 24.3 Å². The summed E-state index contributed by atoms with van der Waals surface area (Å²) in [6, 6.07) is 6.42. The van der Waals surface area contributed by atoms with Gasteiger partial charge in [0.15, 0.2) is 0 Å². The van der Waals surface area contributed by atoms with Gasteiger partial charge in [0.25, 0.3) is 0 Å². The van der Waals surface area contributed by atoms with E-state index >= 15 is 0 Å². The monoisotopic (exact) mass is 236 g/mol. The van der Waals surface area contributed by atoms with Crippen molar-refractivity contribution in [3.05, 3.63) is 35.4 Å². The first kappa shape index (κ1) is 13.2. The summed E-state index contributed by atoms with van der Waals surface area (Å²) < 4.78 is 5.14. The van der Waals surface area contributed by atoms with E-state index < -0.39 is 17.5 Å². The second kappa shape index (κ2) is 4.99. The topological polar surface area (TPSA) is 63.6 Å². The summed E-state index contributed by atoms with van der Waals surface area (Å²) >= 11 is 0. The van der Waals surface area contributed by atoms with Crippen LogP contribution in [-0.2, 0) is 16.0 Å². The highest BCUT2D eigenvalue weighted by atomic mass is 16.6. The molecule has 1 aromatic carbocycles. The lowest BCUT2D eigenvalue weighted by Crippen LogP contribution is -2.25. The van der Waals surface area contributed by atoms with E-state index in [9.17, 15) is 9.59 Å². The molecule has 0 radical (unpaired) electrons. The van der Waals surface area contributed by atoms with E-state index in [0.717, 1.165) is 0 Å². The normalized spacial score (nSPS) is 11.0. The summed E-state index contributed by atoms with van der Waals surface area (Å²) in [6.07, 6.45) is -0.0280. The number of benzene rings is 1. The summed E-state index contributed by atoms with van der Waals surface area (Å²) in [6.45, 7) is 5.32. The van der Waals surface area contributed by atoms with E-state index in [-0.39, 0.29) is 12.0 Å². The van der Waals surface area contributed by atoms with Crippen molar-refractivity contribution in [3.8, 4) is 0 Å². The average molecular weight is 236 g/mol. The number of carbonyl (C=O) groups is 2. The maximum absolute atomic E-state index is 11.6. The van der Waals surface area contributed by atoms with Crippen molar-refractivity contribution in [3.63, 3.8) is 0 Å². The molecule has 0 heterocycles. The average Bonchev–Trinajstić information content (AvgIpc) is 2.14. The summed E-state index contributed by atoms with van der Waals surface area (Å²) in [7, 11) is 0. The Morgan fingerprint density at radius 1 is 1.24 bits per heavy atom. The fraction of sp³-hybridized carbons (Fsp3) is 0.385. The zero-order valence-electron chi connectivity index (χ0n) is 10.2. The SMILES string of the molecule is CC(C)(C)OC(=O)Cc1ccccc1C(=O)O. The van der Waals surface area contributed by atoms with Gasteiger partial charge in [-0.05, 0) is 32.4 Å². The number of hydrogen-bond acceptors (Lipinski definition) is 3. The van der Waals surface area contributed by atoms with Crippen molar-refractivity contribution in [1.82, 2.24) is 0 Å². The third kappa shape index (κ3) is 4.26. The van der Waals surface area contributed by atoms with Crippen LogP contribution < -0.4 is 0 Å². The zero-order valence-corrected chi connectivity index (χ0v) is 10.2. The van der Waals surface area contributed by atoms with Crippen LogP contribution in [0.1, 0.15) is 36.7 Å². The predicted molar refractivity (Wildman–Crippen MR) is 63.0 cm³/mol. The van der Waals surface area contributed by atoms with E-state index in [0.29, 0.717) is 5.56 Å². The molecule has 4 heteroatoms. The Hall–Kier alpha value is -1.84. The zero-order chi connectivity index (χ0) is 13.1. The number of aromatic carboxylic acids is 1. The van der Waals surface area contributed by atoms with Gasteiger partial charge < -0.3 is 9.84 Å². The maximum Gasteiger partial charge on any atom is 0.335 e. The number of carbonyl (C=O) groups excluding carboxylic acids is 1. The lowest BCUT2D eigenvalue weighted by Gasteiger charge is -2.19. The second-order valence-electron chi connectivity index (χ2n) is 4.73. The molecular formula is C13H16O4. The van der Waals surface area contributed by atoms with Crippen molar-refractivity contribution in [1.29, 1.82) is 0 Å². The molecule has 0 aromatic heterocycles. The molecule has 0 aliphatic heterocycles. The molecule has 0 unspecified atom stereocenters. The van der Waals surface area contributed by atoms with Gasteiger partial charge in [0, 0.05) is 0 Å². The maximum atomic E-state index is 11.6. The minimum Gasteiger partial charge on any atom is -0.478 e. The van der Waals surface area contributed by atoms with E-state index in [2.05, 4.69) is 0 Å². The first-order valence-corrected chi connectivity index (χ1v) is 5.32. The van der Waals surface area contributed by atoms with E-state index in [4.69, 9.17) is 9.84 Å².